The molecule has 0 fully saturated rings. The van der Waals surface area contributed by atoms with Crippen LogP contribution in [0.4, 0.5) is 14.5 Å². The Hall–Kier alpha value is -0.630. The van der Waals surface area contributed by atoms with Gasteiger partial charge in [-0.3, -0.25) is 15.1 Å². The van der Waals surface area contributed by atoms with E-state index in [0.717, 1.165) is 6.20 Å². The van der Waals surface area contributed by atoms with Gasteiger partial charge in [0.25, 0.3) is 6.43 Å². The maximum absolute atomic E-state index is 12.6. The standard InChI is InChI=1S/C7H4Br2F2N2O2/c8-1-4-6(13(14)15)5(7(10)11)3(9)2-12-4/h2,7H,1H2. The third kappa shape index (κ3) is 2.49. The van der Waals surface area contributed by atoms with Gasteiger partial charge in [-0.25, -0.2) is 8.78 Å². The van der Waals surface area contributed by atoms with E-state index in [2.05, 4.69) is 36.8 Å². The highest BCUT2D eigenvalue weighted by molar-refractivity contribution is 9.10. The van der Waals surface area contributed by atoms with E-state index in [4.69, 9.17) is 0 Å². The molecule has 15 heavy (non-hydrogen) atoms. The molecule has 0 saturated carbocycles. The fraction of sp³-hybridized carbons (Fsp3) is 0.286. The van der Waals surface area contributed by atoms with Crippen LogP contribution in [-0.4, -0.2) is 9.91 Å². The Balaban J connectivity index is 3.51. The van der Waals surface area contributed by atoms with E-state index in [0.29, 0.717) is 0 Å². The minimum Gasteiger partial charge on any atom is -0.258 e. The highest BCUT2D eigenvalue weighted by Gasteiger charge is 2.29. The van der Waals surface area contributed by atoms with Gasteiger partial charge in [0.05, 0.1) is 14.7 Å². The van der Waals surface area contributed by atoms with Crippen LogP contribution < -0.4 is 0 Å². The van der Waals surface area contributed by atoms with Gasteiger partial charge in [0.2, 0.25) is 0 Å². The molecule has 82 valence electrons. The summed E-state index contributed by atoms with van der Waals surface area (Å²) in [5.74, 6) is 0. The van der Waals surface area contributed by atoms with Crippen molar-refractivity contribution in [3.05, 3.63) is 32.0 Å². The van der Waals surface area contributed by atoms with Crippen molar-refractivity contribution in [2.45, 2.75) is 11.8 Å². The molecular weight excluding hydrogens is 342 g/mol. The van der Waals surface area contributed by atoms with Crippen LogP contribution in [0.1, 0.15) is 17.7 Å². The van der Waals surface area contributed by atoms with Crippen LogP contribution in [0.25, 0.3) is 0 Å². The van der Waals surface area contributed by atoms with Gasteiger partial charge < -0.3 is 0 Å². The van der Waals surface area contributed by atoms with E-state index in [1.807, 2.05) is 0 Å². The summed E-state index contributed by atoms with van der Waals surface area (Å²) in [6.45, 7) is 0. The molecule has 4 nitrogen and oxygen atoms in total. The number of hydrogen-bond acceptors (Lipinski definition) is 3. The summed E-state index contributed by atoms with van der Waals surface area (Å²) in [6.07, 6.45) is -1.79. The van der Waals surface area contributed by atoms with Crippen LogP contribution in [-0.2, 0) is 5.33 Å². The molecule has 0 aliphatic heterocycles. The number of alkyl halides is 3. The summed E-state index contributed by atoms with van der Waals surface area (Å²) >= 11 is 5.77. The third-order valence-electron chi connectivity index (χ3n) is 1.65. The maximum atomic E-state index is 12.6. The van der Waals surface area contributed by atoms with Gasteiger partial charge in [0.1, 0.15) is 11.3 Å². The van der Waals surface area contributed by atoms with Crippen LogP contribution in [0.3, 0.4) is 0 Å². The lowest BCUT2D eigenvalue weighted by Gasteiger charge is -2.06. The molecule has 0 atom stereocenters. The fourth-order valence-electron chi connectivity index (χ4n) is 1.04. The first-order valence-electron chi connectivity index (χ1n) is 3.64. The van der Waals surface area contributed by atoms with Crippen molar-refractivity contribution in [1.29, 1.82) is 0 Å². The lowest BCUT2D eigenvalue weighted by molar-refractivity contribution is -0.387. The van der Waals surface area contributed by atoms with Gasteiger partial charge in [-0.1, -0.05) is 15.9 Å². The van der Waals surface area contributed by atoms with Crippen molar-refractivity contribution in [3.63, 3.8) is 0 Å². The van der Waals surface area contributed by atoms with Crippen molar-refractivity contribution >= 4 is 37.5 Å². The smallest absolute Gasteiger partial charge is 0.258 e. The zero-order valence-corrected chi connectivity index (χ0v) is 10.3. The van der Waals surface area contributed by atoms with Crippen molar-refractivity contribution < 1.29 is 13.7 Å². The number of aromatic nitrogens is 1. The Bertz CT molecular complexity index is 401. The van der Waals surface area contributed by atoms with Crippen LogP contribution in [0.5, 0.6) is 0 Å². The van der Waals surface area contributed by atoms with E-state index in [-0.39, 0.29) is 15.5 Å². The first-order valence-corrected chi connectivity index (χ1v) is 5.56. The van der Waals surface area contributed by atoms with Crippen molar-refractivity contribution in [3.8, 4) is 0 Å². The first kappa shape index (κ1) is 12.4. The van der Waals surface area contributed by atoms with E-state index in [1.165, 1.54) is 0 Å². The van der Waals surface area contributed by atoms with E-state index >= 15 is 0 Å². The molecule has 1 aromatic heterocycles. The highest BCUT2D eigenvalue weighted by Crippen LogP contribution is 2.37. The number of hydrogen-bond donors (Lipinski definition) is 0. The fourth-order valence-corrected chi connectivity index (χ4v) is 1.92. The zero-order valence-electron chi connectivity index (χ0n) is 7.08. The minimum absolute atomic E-state index is 0.0153. The van der Waals surface area contributed by atoms with Crippen molar-refractivity contribution in [1.82, 2.24) is 4.98 Å². The summed E-state index contributed by atoms with van der Waals surface area (Å²) in [6, 6.07) is 0. The summed E-state index contributed by atoms with van der Waals surface area (Å²) in [7, 11) is 0. The number of pyridine rings is 1. The Morgan fingerprint density at radius 1 is 1.60 bits per heavy atom. The number of rotatable bonds is 3. The molecule has 1 rings (SSSR count). The van der Waals surface area contributed by atoms with Gasteiger partial charge in [-0.2, -0.15) is 0 Å². The lowest BCUT2D eigenvalue weighted by atomic mass is 10.2. The average molecular weight is 346 g/mol. The van der Waals surface area contributed by atoms with Crippen LogP contribution >= 0.6 is 31.9 Å². The molecule has 0 aliphatic rings. The maximum Gasteiger partial charge on any atom is 0.301 e. The van der Waals surface area contributed by atoms with E-state index < -0.39 is 22.6 Å². The monoisotopic (exact) mass is 344 g/mol. The quantitative estimate of drug-likeness (QED) is 0.478. The molecule has 0 unspecified atom stereocenters. The summed E-state index contributed by atoms with van der Waals surface area (Å²) in [5.41, 5.74) is -1.29. The Morgan fingerprint density at radius 2 is 2.20 bits per heavy atom. The first-order chi connectivity index (χ1) is 6.99. The van der Waals surface area contributed by atoms with Gasteiger partial charge >= 0.3 is 5.69 Å². The second kappa shape index (κ2) is 4.93. The SMILES string of the molecule is O=[N+]([O-])c1c(CBr)ncc(Br)c1C(F)F. The molecule has 0 N–H and O–H groups in total. The predicted octanol–water partition coefficient (Wildman–Crippen LogP) is 3.58. The molecule has 8 heteroatoms. The van der Waals surface area contributed by atoms with E-state index in [1.54, 1.807) is 0 Å². The Kier molecular flexibility index (Phi) is 4.09. The van der Waals surface area contributed by atoms with Gasteiger partial charge in [0.15, 0.2) is 0 Å². The molecule has 0 aliphatic carbocycles. The van der Waals surface area contributed by atoms with Crippen molar-refractivity contribution in [2.24, 2.45) is 0 Å². The topological polar surface area (TPSA) is 56.0 Å². The number of nitro groups is 1. The minimum atomic E-state index is -2.92. The zero-order chi connectivity index (χ0) is 11.6. The van der Waals surface area contributed by atoms with Crippen LogP contribution in [0, 0.1) is 10.1 Å². The second-order valence-electron chi connectivity index (χ2n) is 2.51. The Morgan fingerprint density at radius 3 is 2.60 bits per heavy atom. The van der Waals surface area contributed by atoms with Crippen LogP contribution in [0.15, 0.2) is 10.7 Å². The van der Waals surface area contributed by atoms with Gasteiger partial charge in [-0.05, 0) is 15.9 Å². The second-order valence-corrected chi connectivity index (χ2v) is 3.92. The molecule has 0 spiro atoms. The average Bonchev–Trinajstić information content (AvgIpc) is 2.16. The number of nitrogens with zero attached hydrogens (tertiary/aromatic N) is 2. The summed E-state index contributed by atoms with van der Waals surface area (Å²) in [4.78, 5) is 13.5. The lowest BCUT2D eigenvalue weighted by Crippen LogP contribution is -2.03. The third-order valence-corrected chi connectivity index (χ3v) is 2.81. The number of halogens is 4. The Labute approximate surface area is 100 Å². The van der Waals surface area contributed by atoms with Crippen molar-refractivity contribution in [2.75, 3.05) is 0 Å². The molecule has 0 bridgehead atoms. The molecule has 1 aromatic rings. The molecule has 1 heterocycles. The largest absolute Gasteiger partial charge is 0.301 e. The van der Waals surface area contributed by atoms with Crippen LogP contribution in [0.2, 0.25) is 0 Å². The summed E-state index contributed by atoms with van der Waals surface area (Å²) < 4.78 is 25.1. The predicted molar refractivity (Wildman–Crippen MR) is 56.2 cm³/mol. The van der Waals surface area contributed by atoms with Gasteiger partial charge in [-0.15, -0.1) is 0 Å². The highest BCUT2D eigenvalue weighted by atomic mass is 79.9. The molecule has 0 radical (unpaired) electrons. The molecule has 0 amide bonds. The molecule has 0 saturated heterocycles. The summed E-state index contributed by atoms with van der Waals surface area (Å²) in [5, 5.41) is 10.7. The molecule has 0 aromatic carbocycles. The van der Waals surface area contributed by atoms with Gasteiger partial charge in [0, 0.05) is 6.20 Å². The van der Waals surface area contributed by atoms with E-state index in [9.17, 15) is 18.9 Å². The normalized spacial score (nSPS) is 10.7. The molecular formula is C7H4Br2F2N2O2.